The number of ether oxygens (including phenoxy) is 3. The Hall–Kier alpha value is -4.20. The van der Waals surface area contributed by atoms with E-state index in [0.29, 0.717) is 66.7 Å². The van der Waals surface area contributed by atoms with Gasteiger partial charge in [0.05, 0.1) is 42.9 Å². The Morgan fingerprint density at radius 1 is 0.714 bits per heavy atom. The van der Waals surface area contributed by atoms with Crippen LogP contribution >= 0.6 is 0 Å². The minimum Gasteiger partial charge on any atom is -0.508 e. The van der Waals surface area contributed by atoms with Gasteiger partial charge in [-0.25, -0.2) is 0 Å². The number of carbonyl (C=O) groups is 4. The first-order valence-electron chi connectivity index (χ1n) is 33.9. The molecule has 0 aliphatic carbocycles. The van der Waals surface area contributed by atoms with Crippen LogP contribution in [-0.2, 0) is 35.1 Å². The Bertz CT molecular complexity index is 2160. The Morgan fingerprint density at radius 2 is 1.16 bits per heavy atom. The van der Waals surface area contributed by atoms with Crippen LogP contribution in [0.3, 0.4) is 0 Å². The molecule has 536 valence electrons. The van der Waals surface area contributed by atoms with Crippen molar-refractivity contribution in [2.24, 2.45) is 49.2 Å². The van der Waals surface area contributed by atoms with Gasteiger partial charge in [0.2, 0.25) is 17.7 Å². The molecule has 1 aromatic rings. The average Bonchev–Trinajstić information content (AvgIpc) is 0.808. The number of hydrogen-bond acceptors (Lipinski definition) is 12. The third-order valence-corrected chi connectivity index (χ3v) is 14.4. The maximum absolute atomic E-state index is 11.7. The van der Waals surface area contributed by atoms with E-state index >= 15 is 0 Å². The van der Waals surface area contributed by atoms with Crippen LogP contribution in [0.5, 0.6) is 11.5 Å². The molecule has 2 aliphatic heterocycles. The number of hydrogen-bond donors (Lipinski definition) is 8. The van der Waals surface area contributed by atoms with Crippen molar-refractivity contribution in [2.75, 3.05) is 39.8 Å². The smallest absolute Gasteiger partial charge is 0.311 e. The summed E-state index contributed by atoms with van der Waals surface area (Å²) in [7, 11) is 1.84. The largest absolute Gasteiger partial charge is 0.508 e. The number of aliphatic hydroxyl groups excluding tert-OH is 3. The molecule has 0 saturated carbocycles. The first kappa shape index (κ1) is 95.5. The van der Waals surface area contributed by atoms with E-state index in [4.69, 9.17) is 20.6 Å². The van der Waals surface area contributed by atoms with Crippen molar-refractivity contribution in [3.8, 4) is 23.8 Å². The summed E-state index contributed by atoms with van der Waals surface area (Å²) >= 11 is 0. The Kier molecular flexibility index (Phi) is 48.3. The van der Waals surface area contributed by atoms with Crippen LogP contribution in [0.4, 0.5) is 0 Å². The van der Waals surface area contributed by atoms with Gasteiger partial charge >= 0.3 is 5.97 Å². The molecule has 15 nitrogen and oxygen atoms in total. The number of carbonyl (C=O) groups excluding carboxylic acids is 4. The fourth-order valence-electron chi connectivity index (χ4n) is 8.25. The van der Waals surface area contributed by atoms with E-state index in [1.165, 1.54) is 18.9 Å². The zero-order valence-corrected chi connectivity index (χ0v) is 64.5. The van der Waals surface area contributed by atoms with Crippen LogP contribution in [0.15, 0.2) is 24.8 Å². The van der Waals surface area contributed by atoms with Gasteiger partial charge in [-0.1, -0.05) is 199 Å². The van der Waals surface area contributed by atoms with Crippen molar-refractivity contribution >= 4 is 23.7 Å². The van der Waals surface area contributed by atoms with Gasteiger partial charge in [-0.2, -0.15) is 0 Å². The maximum Gasteiger partial charge on any atom is 0.311 e. The molecule has 1 fully saturated rings. The molecule has 5 unspecified atom stereocenters. The lowest BCUT2D eigenvalue weighted by atomic mass is 9.82. The summed E-state index contributed by atoms with van der Waals surface area (Å²) in [5.74, 6) is 3.56. The number of terminal acetylenes is 1. The van der Waals surface area contributed by atoms with Crippen molar-refractivity contribution in [1.82, 2.24) is 21.3 Å². The normalized spacial score (nSPS) is 17.9. The molecule has 1 saturated heterocycles. The van der Waals surface area contributed by atoms with E-state index in [2.05, 4.69) is 138 Å². The molecule has 0 bridgehead atoms. The molecular weight excluding hydrogens is 1140 g/mol. The van der Waals surface area contributed by atoms with Crippen LogP contribution in [-0.4, -0.2) is 121 Å². The molecule has 0 spiro atoms. The molecule has 15 heteroatoms. The second kappa shape index (κ2) is 46.0. The first-order valence-corrected chi connectivity index (χ1v) is 33.9. The van der Waals surface area contributed by atoms with Crippen molar-refractivity contribution in [1.29, 1.82) is 0 Å². The highest BCUT2D eigenvalue weighted by Gasteiger charge is 2.38. The van der Waals surface area contributed by atoms with E-state index in [-0.39, 0.29) is 87.4 Å². The molecule has 1 aromatic carbocycles. The summed E-state index contributed by atoms with van der Waals surface area (Å²) in [6.07, 6.45) is 15.0. The maximum atomic E-state index is 11.7. The standard InChI is InChI=1S/C14H20O3.C13H24O3.C10H17NO.C9H19NO.C9H17NO.C7H17NO.C7H16O.C7H16/c1-8-5-10(15)9-7-11(16)13(14(2,3)4)17-12(9)6-8;1-6-11-9(2)7-10(8-15-11)16-12(14)13(3,4)5;1-5-6-9(12)11-8-7-10(2,3)4;2*1-5-8(11)10-7-6-9(2,3)4;1-7(2,3)6(9)5-8-4;1-5-6(8)7(2,3)4;1-5-6-7(2,3)4/h5-6,11,13,15-16H,7H2,1-4H3;9-11H,6-8H2,1-5H3;1H,6-8H2,2-4H3,(H,11,12);5-7H2,1-4H3,(H,10,11);5H,1,6-7H2,2-4H3,(H,10,11);6,8-9H,5H2,1-4H3;6,8H,5H2,1-4H3;5-6H2,1-4H3/t;9-,10?,11+;;;;;;/m.0....../s1. The van der Waals surface area contributed by atoms with Crippen LogP contribution in [0.1, 0.15) is 276 Å². The number of fused-ring (bicyclic) bond motifs is 1. The number of rotatable bonds is 15. The summed E-state index contributed by atoms with van der Waals surface area (Å²) in [5, 5.41) is 49.7. The highest BCUT2D eigenvalue weighted by Crippen LogP contribution is 2.40. The predicted molar refractivity (Wildman–Crippen MR) is 384 cm³/mol. The second-order valence-corrected chi connectivity index (χ2v) is 33.6. The quantitative estimate of drug-likeness (QED) is 0.0466. The fraction of sp³-hybridized carbons (Fsp3) is 0.816. The zero-order valence-electron chi connectivity index (χ0n) is 64.5. The number of aliphatic hydroxyl groups is 3. The highest BCUT2D eigenvalue weighted by atomic mass is 16.6. The molecule has 0 aromatic heterocycles. The monoisotopic (exact) mass is 1290 g/mol. The second-order valence-electron chi connectivity index (χ2n) is 33.6. The fourth-order valence-corrected chi connectivity index (χ4v) is 8.25. The number of phenols is 1. The minimum absolute atomic E-state index is 0.00299. The van der Waals surface area contributed by atoms with Crippen molar-refractivity contribution in [3.05, 3.63) is 35.9 Å². The molecule has 91 heavy (non-hydrogen) atoms. The lowest BCUT2D eigenvalue weighted by Crippen LogP contribution is -2.46. The van der Waals surface area contributed by atoms with E-state index in [9.17, 15) is 39.6 Å². The summed E-state index contributed by atoms with van der Waals surface area (Å²) in [6, 6.07) is 3.62. The Labute approximate surface area is 560 Å². The molecule has 2 aliphatic rings. The lowest BCUT2D eigenvalue weighted by Gasteiger charge is -2.39. The molecule has 3 amide bonds. The first-order chi connectivity index (χ1) is 41.0. The highest BCUT2D eigenvalue weighted by molar-refractivity contribution is 5.86. The molecular formula is C76H146N4O11. The van der Waals surface area contributed by atoms with Crippen molar-refractivity contribution in [2.45, 2.75) is 315 Å². The number of likely N-dealkylation sites (N-methyl/N-ethyl adjacent to an activating group) is 1. The van der Waals surface area contributed by atoms with Gasteiger partial charge in [0.25, 0.3) is 0 Å². The summed E-state index contributed by atoms with van der Waals surface area (Å²) in [6.45, 7) is 69.3. The third-order valence-electron chi connectivity index (χ3n) is 14.4. The number of amides is 3. The zero-order chi connectivity index (χ0) is 72.8. The summed E-state index contributed by atoms with van der Waals surface area (Å²) < 4.78 is 17.0. The van der Waals surface area contributed by atoms with Crippen molar-refractivity contribution in [3.63, 3.8) is 0 Å². The van der Waals surface area contributed by atoms with Crippen LogP contribution < -0.4 is 26.0 Å². The lowest BCUT2D eigenvalue weighted by molar-refractivity contribution is -0.171. The van der Waals surface area contributed by atoms with Gasteiger partial charge in [0.1, 0.15) is 23.7 Å². The van der Waals surface area contributed by atoms with Gasteiger partial charge < -0.3 is 55.9 Å². The minimum atomic E-state index is -0.573. The Balaban J connectivity index is -0.000000315. The van der Waals surface area contributed by atoms with Crippen LogP contribution in [0.25, 0.3) is 0 Å². The van der Waals surface area contributed by atoms with E-state index in [1.807, 2.05) is 117 Å². The van der Waals surface area contributed by atoms with E-state index in [0.717, 1.165) is 57.2 Å². The van der Waals surface area contributed by atoms with Gasteiger partial charge in [-0.15, -0.1) is 6.42 Å². The number of esters is 1. The number of aromatic hydroxyl groups is 1. The average molecular weight is 1290 g/mol. The molecule has 2 heterocycles. The SMILES string of the molecule is C#CCC(=O)NCCC(C)(C)C.C=CC(=O)NCCC(C)(C)C.CCC(=O)NCCC(C)(C)C.CCC(O)C(C)(C)C.CCCC(C)(C)C.CC[C@H]1OCC(OC(=O)C(C)(C)C)C[C@@H]1C.CNCC(O)C(C)(C)C.Cc1cc(O)c2c(c1)OC(C(C)(C)C)C(O)C2. The Morgan fingerprint density at radius 3 is 1.47 bits per heavy atom. The van der Waals surface area contributed by atoms with E-state index in [1.54, 1.807) is 6.07 Å². The van der Waals surface area contributed by atoms with Gasteiger partial charge in [-0.05, 0) is 142 Å². The molecule has 3 rings (SSSR count). The predicted octanol–water partition coefficient (Wildman–Crippen LogP) is 15.7. The molecule has 8 N–H and O–H groups in total. The van der Waals surface area contributed by atoms with Crippen LogP contribution in [0, 0.1) is 68.5 Å². The van der Waals surface area contributed by atoms with E-state index < -0.39 is 11.5 Å². The van der Waals surface area contributed by atoms with Gasteiger partial charge in [-0.3, -0.25) is 19.2 Å². The summed E-state index contributed by atoms with van der Waals surface area (Å²) in [5.41, 5.74) is 2.61. The van der Waals surface area contributed by atoms with Crippen LogP contribution in [0.2, 0.25) is 0 Å². The number of nitrogens with one attached hydrogen (secondary N) is 4. The molecule has 7 atom stereocenters. The number of aryl methyl sites for hydroxylation is 1. The van der Waals surface area contributed by atoms with Gasteiger partial charge in [0.15, 0.2) is 0 Å². The number of phenolic OH excluding ortho intramolecular Hbond substituents is 1. The summed E-state index contributed by atoms with van der Waals surface area (Å²) in [4.78, 5) is 44.0. The third kappa shape index (κ3) is 55.9. The van der Waals surface area contributed by atoms with Crippen molar-refractivity contribution < 1.29 is 53.8 Å². The topological polar surface area (TPSA) is 225 Å². The number of benzene rings is 1. The van der Waals surface area contributed by atoms with Gasteiger partial charge in [0, 0.05) is 50.0 Å². The molecule has 0 radical (unpaired) electrons.